The molecule has 0 unspecified atom stereocenters. The molecular weight excluding hydrogens is 353 g/mol. The van der Waals surface area contributed by atoms with Crippen LogP contribution in [0.4, 0.5) is 13.2 Å². The average Bonchev–Trinajstić information content (AvgIpc) is 3.04. The molecule has 0 saturated heterocycles. The van der Waals surface area contributed by atoms with Gasteiger partial charge in [0.2, 0.25) is 0 Å². The first-order chi connectivity index (χ1) is 12.0. The summed E-state index contributed by atoms with van der Waals surface area (Å²) in [6.45, 7) is 0. The van der Waals surface area contributed by atoms with Gasteiger partial charge in [0.25, 0.3) is 0 Å². The third-order valence-corrected chi connectivity index (χ3v) is 4.19. The SMILES string of the molecule is FC(F)(F)Oc1ccc(CSCc2nnnn2-c2ccccc2)cc1. The number of benzene rings is 2. The Balaban J connectivity index is 1.56. The van der Waals surface area contributed by atoms with Gasteiger partial charge in [-0.05, 0) is 40.3 Å². The second kappa shape index (κ2) is 7.56. The highest BCUT2D eigenvalue weighted by atomic mass is 32.2. The van der Waals surface area contributed by atoms with Crippen molar-refractivity contribution in [2.24, 2.45) is 0 Å². The van der Waals surface area contributed by atoms with Crippen molar-refractivity contribution in [3.63, 3.8) is 0 Å². The number of alkyl halides is 3. The number of rotatable bonds is 6. The molecule has 0 saturated carbocycles. The zero-order valence-electron chi connectivity index (χ0n) is 12.8. The molecule has 25 heavy (non-hydrogen) atoms. The average molecular weight is 366 g/mol. The highest BCUT2D eigenvalue weighted by Gasteiger charge is 2.30. The summed E-state index contributed by atoms with van der Waals surface area (Å²) in [5.74, 6) is 1.67. The molecule has 0 amide bonds. The number of nitrogens with zero attached hydrogens (tertiary/aromatic N) is 4. The van der Waals surface area contributed by atoms with Crippen LogP contribution in [0, 0.1) is 0 Å². The number of thioether (sulfide) groups is 1. The number of para-hydroxylation sites is 1. The van der Waals surface area contributed by atoms with Gasteiger partial charge in [0, 0.05) is 5.75 Å². The summed E-state index contributed by atoms with van der Waals surface area (Å²) in [6, 6.07) is 15.3. The van der Waals surface area contributed by atoms with Crippen molar-refractivity contribution in [2.75, 3.05) is 0 Å². The van der Waals surface area contributed by atoms with E-state index in [-0.39, 0.29) is 5.75 Å². The summed E-state index contributed by atoms with van der Waals surface area (Å²) in [6.07, 6.45) is -4.68. The second-order valence-corrected chi connectivity index (χ2v) is 6.01. The van der Waals surface area contributed by atoms with Crippen LogP contribution in [0.25, 0.3) is 5.69 Å². The number of hydrogen-bond donors (Lipinski definition) is 0. The van der Waals surface area contributed by atoms with Crippen LogP contribution in [0.5, 0.6) is 5.75 Å². The first-order valence-corrected chi connectivity index (χ1v) is 8.42. The molecule has 0 radical (unpaired) electrons. The fraction of sp³-hybridized carbons (Fsp3) is 0.188. The Morgan fingerprint density at radius 3 is 2.36 bits per heavy atom. The van der Waals surface area contributed by atoms with Crippen molar-refractivity contribution in [3.05, 3.63) is 66.0 Å². The summed E-state index contributed by atoms with van der Waals surface area (Å²) in [5.41, 5.74) is 1.76. The zero-order chi connectivity index (χ0) is 17.7. The Bertz CT molecular complexity index is 806. The lowest BCUT2D eigenvalue weighted by molar-refractivity contribution is -0.274. The van der Waals surface area contributed by atoms with Gasteiger partial charge in [-0.2, -0.15) is 4.68 Å². The van der Waals surface area contributed by atoms with Crippen LogP contribution in [0.3, 0.4) is 0 Å². The number of aromatic nitrogens is 4. The lowest BCUT2D eigenvalue weighted by Gasteiger charge is -2.09. The molecule has 0 bridgehead atoms. The lowest BCUT2D eigenvalue weighted by Crippen LogP contribution is -2.16. The Morgan fingerprint density at radius 1 is 0.960 bits per heavy atom. The van der Waals surface area contributed by atoms with Gasteiger partial charge in [0.1, 0.15) is 5.75 Å². The highest BCUT2D eigenvalue weighted by Crippen LogP contribution is 2.24. The molecule has 3 aromatic rings. The highest BCUT2D eigenvalue weighted by molar-refractivity contribution is 7.97. The molecule has 0 fully saturated rings. The van der Waals surface area contributed by atoms with E-state index in [1.807, 2.05) is 30.3 Å². The number of halogens is 3. The van der Waals surface area contributed by atoms with E-state index in [1.165, 1.54) is 12.1 Å². The first-order valence-electron chi connectivity index (χ1n) is 7.26. The maximum absolute atomic E-state index is 12.1. The van der Waals surface area contributed by atoms with Gasteiger partial charge in [-0.3, -0.25) is 0 Å². The Kier molecular flexibility index (Phi) is 5.22. The van der Waals surface area contributed by atoms with Gasteiger partial charge in [0.15, 0.2) is 5.82 Å². The van der Waals surface area contributed by atoms with E-state index in [0.29, 0.717) is 17.3 Å². The molecule has 0 atom stereocenters. The standard InChI is InChI=1S/C16H13F3N4OS/c17-16(18,19)24-14-8-6-12(7-9-14)10-25-11-15-20-21-22-23(15)13-4-2-1-3-5-13/h1-9H,10-11H2. The Morgan fingerprint density at radius 2 is 1.68 bits per heavy atom. The molecule has 9 heteroatoms. The molecule has 130 valence electrons. The van der Waals surface area contributed by atoms with Crippen molar-refractivity contribution in [1.29, 1.82) is 0 Å². The van der Waals surface area contributed by atoms with Gasteiger partial charge in [-0.1, -0.05) is 30.3 Å². The lowest BCUT2D eigenvalue weighted by atomic mass is 10.2. The van der Waals surface area contributed by atoms with Crippen molar-refractivity contribution >= 4 is 11.8 Å². The molecule has 1 heterocycles. The minimum Gasteiger partial charge on any atom is -0.406 e. The van der Waals surface area contributed by atoms with E-state index in [2.05, 4.69) is 20.3 Å². The number of hydrogen-bond acceptors (Lipinski definition) is 5. The maximum Gasteiger partial charge on any atom is 0.573 e. The molecule has 0 aliphatic heterocycles. The molecule has 1 aromatic heterocycles. The van der Waals surface area contributed by atoms with E-state index in [0.717, 1.165) is 11.3 Å². The van der Waals surface area contributed by atoms with Crippen LogP contribution in [0.2, 0.25) is 0 Å². The normalized spacial score (nSPS) is 11.5. The molecule has 0 spiro atoms. The number of tetrazole rings is 1. The first kappa shape index (κ1) is 17.3. The molecule has 5 nitrogen and oxygen atoms in total. The van der Waals surface area contributed by atoms with Crippen LogP contribution in [-0.2, 0) is 11.5 Å². The van der Waals surface area contributed by atoms with E-state index >= 15 is 0 Å². The Hall–Kier alpha value is -2.55. The van der Waals surface area contributed by atoms with E-state index in [9.17, 15) is 13.2 Å². The predicted molar refractivity (Wildman–Crippen MR) is 87.3 cm³/mol. The molecule has 0 aliphatic carbocycles. The predicted octanol–water partition coefficient (Wildman–Crippen LogP) is 3.99. The zero-order valence-corrected chi connectivity index (χ0v) is 13.7. The second-order valence-electron chi connectivity index (χ2n) is 5.03. The van der Waals surface area contributed by atoms with Crippen molar-refractivity contribution < 1.29 is 17.9 Å². The third-order valence-electron chi connectivity index (χ3n) is 3.19. The third kappa shape index (κ3) is 4.96. The van der Waals surface area contributed by atoms with Crippen LogP contribution < -0.4 is 4.74 Å². The minimum atomic E-state index is -4.68. The molecule has 3 rings (SSSR count). The topological polar surface area (TPSA) is 52.8 Å². The molecule has 0 N–H and O–H groups in total. The van der Waals surface area contributed by atoms with Gasteiger partial charge in [-0.15, -0.1) is 30.0 Å². The van der Waals surface area contributed by atoms with Crippen molar-refractivity contribution in [2.45, 2.75) is 17.9 Å². The summed E-state index contributed by atoms with van der Waals surface area (Å²) in [4.78, 5) is 0. The van der Waals surface area contributed by atoms with Gasteiger partial charge >= 0.3 is 6.36 Å². The van der Waals surface area contributed by atoms with Crippen LogP contribution in [0.1, 0.15) is 11.4 Å². The fourth-order valence-electron chi connectivity index (χ4n) is 2.11. The van der Waals surface area contributed by atoms with Crippen LogP contribution >= 0.6 is 11.8 Å². The fourth-order valence-corrected chi connectivity index (χ4v) is 3.01. The van der Waals surface area contributed by atoms with Gasteiger partial charge in [0.05, 0.1) is 11.4 Å². The van der Waals surface area contributed by atoms with Crippen LogP contribution in [0.15, 0.2) is 54.6 Å². The monoisotopic (exact) mass is 366 g/mol. The maximum atomic E-state index is 12.1. The number of ether oxygens (including phenoxy) is 1. The van der Waals surface area contributed by atoms with Gasteiger partial charge in [-0.25, -0.2) is 0 Å². The summed E-state index contributed by atoms with van der Waals surface area (Å²) >= 11 is 1.57. The Labute approximate surface area is 145 Å². The molecule has 0 aliphatic rings. The quantitative estimate of drug-likeness (QED) is 0.660. The van der Waals surface area contributed by atoms with E-state index in [4.69, 9.17) is 0 Å². The molecular formula is C16H13F3N4OS. The molecule has 2 aromatic carbocycles. The van der Waals surface area contributed by atoms with Gasteiger partial charge < -0.3 is 4.74 Å². The van der Waals surface area contributed by atoms with Crippen molar-refractivity contribution in [1.82, 2.24) is 20.2 Å². The summed E-state index contributed by atoms with van der Waals surface area (Å²) < 4.78 is 41.9. The van der Waals surface area contributed by atoms with Crippen molar-refractivity contribution in [3.8, 4) is 11.4 Å². The largest absolute Gasteiger partial charge is 0.573 e. The minimum absolute atomic E-state index is 0.228. The van der Waals surface area contributed by atoms with E-state index in [1.54, 1.807) is 28.6 Å². The van der Waals surface area contributed by atoms with Crippen LogP contribution in [-0.4, -0.2) is 26.6 Å². The smallest absolute Gasteiger partial charge is 0.406 e. The van der Waals surface area contributed by atoms with E-state index < -0.39 is 6.36 Å². The summed E-state index contributed by atoms with van der Waals surface area (Å²) in [5, 5.41) is 11.7. The summed E-state index contributed by atoms with van der Waals surface area (Å²) in [7, 11) is 0.